The Morgan fingerprint density at radius 3 is 0.562 bits per heavy atom. The van der Waals surface area contributed by atoms with Crippen LogP contribution in [0.15, 0.2) is 0 Å². The van der Waals surface area contributed by atoms with Crippen molar-refractivity contribution in [2.45, 2.75) is 259 Å². The van der Waals surface area contributed by atoms with E-state index in [9.17, 15) is 4.79 Å². The molecule has 0 aromatic heterocycles. The van der Waals surface area contributed by atoms with Crippen molar-refractivity contribution < 1.29 is 4.79 Å². The summed E-state index contributed by atoms with van der Waals surface area (Å²) < 4.78 is 0. The van der Waals surface area contributed by atoms with Gasteiger partial charge in [-0.1, -0.05) is 233 Å². The maximum absolute atomic E-state index is 14.2. The van der Waals surface area contributed by atoms with Crippen LogP contribution < -0.4 is 0 Å². The van der Waals surface area contributed by atoms with Gasteiger partial charge >= 0.3 is 6.03 Å². The van der Waals surface area contributed by atoms with Gasteiger partial charge < -0.3 is 9.80 Å². The van der Waals surface area contributed by atoms with E-state index in [2.05, 4.69) is 37.5 Å². The predicted octanol–water partition coefficient (Wildman–Crippen LogP) is 15.8. The van der Waals surface area contributed by atoms with Crippen LogP contribution in [0.25, 0.3) is 0 Å². The fraction of sp³-hybridized carbons (Fsp3) is 0.978. The summed E-state index contributed by atoms with van der Waals surface area (Å²) in [6, 6.07) is 0.369. The summed E-state index contributed by atoms with van der Waals surface area (Å²) >= 11 is 0. The van der Waals surface area contributed by atoms with E-state index in [1.54, 1.807) is 0 Å². The summed E-state index contributed by atoms with van der Waals surface area (Å²) in [4.78, 5) is 18.8. The minimum Gasteiger partial charge on any atom is -0.325 e. The quantitative estimate of drug-likeness (QED) is 0.0593. The predicted molar refractivity (Wildman–Crippen MR) is 217 cm³/mol. The molecule has 0 saturated carbocycles. The molecule has 0 rings (SSSR count). The van der Waals surface area contributed by atoms with Crippen molar-refractivity contribution in [1.82, 2.24) is 9.80 Å². The van der Waals surface area contributed by atoms with Crippen molar-refractivity contribution in [1.29, 1.82) is 0 Å². The molecule has 0 heterocycles. The molecule has 288 valence electrons. The summed E-state index contributed by atoms with van der Waals surface area (Å²) in [5.41, 5.74) is 0. The lowest BCUT2D eigenvalue weighted by atomic mass is 10.1. The van der Waals surface area contributed by atoms with Gasteiger partial charge in [-0.25, -0.2) is 4.79 Å². The van der Waals surface area contributed by atoms with E-state index in [0.29, 0.717) is 6.03 Å². The Morgan fingerprint density at radius 1 is 0.250 bits per heavy atom. The third-order valence-corrected chi connectivity index (χ3v) is 10.7. The van der Waals surface area contributed by atoms with Crippen LogP contribution >= 0.6 is 0 Å². The second-order valence-corrected chi connectivity index (χ2v) is 15.6. The van der Waals surface area contributed by atoms with Crippen LogP contribution in [0.1, 0.15) is 259 Å². The van der Waals surface area contributed by atoms with Crippen LogP contribution in [0.4, 0.5) is 4.79 Å². The lowest BCUT2D eigenvalue weighted by Gasteiger charge is -2.31. The average molecular weight is 677 g/mol. The number of carbonyl (C=O) groups is 1. The zero-order chi connectivity index (χ0) is 35.0. The van der Waals surface area contributed by atoms with Crippen molar-refractivity contribution in [3.63, 3.8) is 0 Å². The summed E-state index contributed by atoms with van der Waals surface area (Å²) in [5, 5.41) is 0. The first-order valence-electron chi connectivity index (χ1n) is 22.7. The van der Waals surface area contributed by atoms with E-state index >= 15 is 0 Å². The maximum atomic E-state index is 14.2. The second kappa shape index (κ2) is 40.7. The van der Waals surface area contributed by atoms with E-state index in [0.717, 1.165) is 26.2 Å². The molecule has 48 heavy (non-hydrogen) atoms. The molecule has 0 aliphatic heterocycles. The Bertz CT molecular complexity index is 514. The molecule has 0 radical (unpaired) electrons. The van der Waals surface area contributed by atoms with Gasteiger partial charge in [0, 0.05) is 26.2 Å². The standard InChI is InChI=1S/C45H92N2O/c1-5-9-13-17-21-25-29-33-37-41-46(42-38-34-30-26-22-18-14-10-6-2)45(48)47(43-39-35-31-27-23-19-15-11-7-3)44-40-36-32-28-24-20-16-12-8-4/h5-44H2,1-4H3. The SMILES string of the molecule is CCCCCCCCCCCN(CCCCCCCCCCC)C(=O)N(CCCCCCCCCCC)CCCCCCCCCCC. The molecule has 0 saturated heterocycles. The third-order valence-electron chi connectivity index (χ3n) is 10.7. The highest BCUT2D eigenvalue weighted by atomic mass is 16.2. The topological polar surface area (TPSA) is 23.6 Å². The molecule has 3 nitrogen and oxygen atoms in total. The molecule has 0 unspecified atom stereocenters. The Kier molecular flexibility index (Phi) is 40.1. The zero-order valence-corrected chi connectivity index (χ0v) is 34.1. The minimum absolute atomic E-state index is 0.369. The van der Waals surface area contributed by atoms with Crippen LogP contribution in [0.3, 0.4) is 0 Å². The van der Waals surface area contributed by atoms with E-state index in [1.807, 2.05) is 0 Å². The fourth-order valence-electron chi connectivity index (χ4n) is 7.26. The van der Waals surface area contributed by atoms with E-state index in [4.69, 9.17) is 0 Å². The number of carbonyl (C=O) groups excluding carboxylic acids is 1. The number of unbranched alkanes of at least 4 members (excludes halogenated alkanes) is 32. The van der Waals surface area contributed by atoms with E-state index in [-0.39, 0.29) is 0 Å². The van der Waals surface area contributed by atoms with Gasteiger partial charge in [-0.05, 0) is 25.7 Å². The first-order valence-corrected chi connectivity index (χ1v) is 22.7. The van der Waals surface area contributed by atoms with E-state index < -0.39 is 0 Å². The number of amides is 2. The number of hydrogen-bond acceptors (Lipinski definition) is 1. The molecule has 0 fully saturated rings. The molecule has 2 amide bonds. The highest BCUT2D eigenvalue weighted by Gasteiger charge is 2.20. The summed E-state index contributed by atoms with van der Waals surface area (Å²) in [6.07, 6.45) is 48.5. The third kappa shape index (κ3) is 33.8. The minimum atomic E-state index is 0.369. The van der Waals surface area contributed by atoms with Crippen molar-refractivity contribution in [3.05, 3.63) is 0 Å². The zero-order valence-electron chi connectivity index (χ0n) is 34.1. The van der Waals surface area contributed by atoms with Gasteiger partial charge in [-0.15, -0.1) is 0 Å². The number of urea groups is 1. The molecule has 0 aromatic carbocycles. The lowest BCUT2D eigenvalue weighted by Crippen LogP contribution is -2.45. The van der Waals surface area contributed by atoms with Gasteiger partial charge in [0.05, 0.1) is 0 Å². The molecule has 0 N–H and O–H groups in total. The molecular formula is C45H92N2O. The van der Waals surface area contributed by atoms with Crippen LogP contribution in [-0.2, 0) is 0 Å². The number of hydrogen-bond donors (Lipinski definition) is 0. The first kappa shape index (κ1) is 47.3. The summed E-state index contributed by atoms with van der Waals surface area (Å²) in [7, 11) is 0. The van der Waals surface area contributed by atoms with Gasteiger partial charge in [0.15, 0.2) is 0 Å². The van der Waals surface area contributed by atoms with Gasteiger partial charge in [-0.2, -0.15) is 0 Å². The number of rotatable bonds is 40. The second-order valence-electron chi connectivity index (χ2n) is 15.6. The average Bonchev–Trinajstić information content (AvgIpc) is 3.10. The summed E-state index contributed by atoms with van der Waals surface area (Å²) in [5.74, 6) is 0. The van der Waals surface area contributed by atoms with Gasteiger partial charge in [0.2, 0.25) is 0 Å². The van der Waals surface area contributed by atoms with Crippen molar-refractivity contribution in [2.75, 3.05) is 26.2 Å². The normalized spacial score (nSPS) is 11.4. The van der Waals surface area contributed by atoms with Gasteiger partial charge in [-0.3, -0.25) is 0 Å². The largest absolute Gasteiger partial charge is 0.325 e. The fourth-order valence-corrected chi connectivity index (χ4v) is 7.26. The molecule has 0 bridgehead atoms. The molecule has 0 aliphatic carbocycles. The molecule has 3 heteroatoms. The lowest BCUT2D eigenvalue weighted by molar-refractivity contribution is 0.148. The Labute approximate surface area is 304 Å². The Balaban J connectivity index is 4.91. The van der Waals surface area contributed by atoms with Crippen molar-refractivity contribution >= 4 is 6.03 Å². The highest BCUT2D eigenvalue weighted by Crippen LogP contribution is 2.16. The Morgan fingerprint density at radius 2 is 0.396 bits per heavy atom. The highest BCUT2D eigenvalue weighted by molar-refractivity contribution is 5.74. The van der Waals surface area contributed by atoms with Crippen LogP contribution in [-0.4, -0.2) is 42.0 Å². The maximum Gasteiger partial charge on any atom is 0.319 e. The molecule has 0 aliphatic rings. The first-order chi connectivity index (χ1) is 23.7. The molecule has 0 aromatic rings. The van der Waals surface area contributed by atoms with Crippen molar-refractivity contribution in [3.8, 4) is 0 Å². The van der Waals surface area contributed by atoms with Crippen LogP contribution in [0.2, 0.25) is 0 Å². The molecule has 0 spiro atoms. The molecule has 0 atom stereocenters. The van der Waals surface area contributed by atoms with Gasteiger partial charge in [0.25, 0.3) is 0 Å². The Hall–Kier alpha value is -0.730. The molecular weight excluding hydrogens is 585 g/mol. The monoisotopic (exact) mass is 677 g/mol. The smallest absolute Gasteiger partial charge is 0.319 e. The summed E-state index contributed by atoms with van der Waals surface area (Å²) in [6.45, 7) is 13.1. The van der Waals surface area contributed by atoms with Crippen molar-refractivity contribution in [2.24, 2.45) is 0 Å². The van der Waals surface area contributed by atoms with Gasteiger partial charge in [0.1, 0.15) is 0 Å². The van der Waals surface area contributed by atoms with Crippen LogP contribution in [0, 0.1) is 0 Å². The van der Waals surface area contributed by atoms with Crippen LogP contribution in [0.5, 0.6) is 0 Å². The number of nitrogens with zero attached hydrogens (tertiary/aromatic N) is 2. The van der Waals surface area contributed by atoms with E-state index in [1.165, 1.54) is 231 Å².